The normalized spacial score (nSPS) is 12.4. The molecule has 1 N–H and O–H groups in total. The highest BCUT2D eigenvalue weighted by Crippen LogP contribution is 2.25. The van der Waals surface area contributed by atoms with Crippen LogP contribution in [0.1, 0.15) is 12.5 Å². The first-order chi connectivity index (χ1) is 8.04. The van der Waals surface area contributed by atoms with Gasteiger partial charge >= 0.3 is 5.97 Å². The third-order valence-corrected chi connectivity index (χ3v) is 2.04. The van der Waals surface area contributed by atoms with Gasteiger partial charge in [-0.25, -0.2) is 9.18 Å². The number of ether oxygens (including phenoxy) is 1. The van der Waals surface area contributed by atoms with Crippen LogP contribution >= 0.6 is 0 Å². The molecule has 0 heterocycles. The predicted octanol–water partition coefficient (Wildman–Crippen LogP) is 2.88. The number of hydrogen-bond donors (Lipinski definition) is 1. The molecule has 0 spiro atoms. The zero-order valence-electron chi connectivity index (χ0n) is 9.39. The van der Waals surface area contributed by atoms with Crippen molar-refractivity contribution in [2.24, 2.45) is 0 Å². The maximum Gasteiger partial charge on any atom is 0.328 e. The van der Waals surface area contributed by atoms with Crippen LogP contribution in [-0.2, 0) is 4.79 Å². The van der Waals surface area contributed by atoms with Crippen LogP contribution < -0.4 is 4.74 Å². The summed E-state index contributed by atoms with van der Waals surface area (Å²) >= 11 is 0. The van der Waals surface area contributed by atoms with E-state index in [0.717, 1.165) is 6.08 Å². The largest absolute Gasteiger partial charge is 0.483 e. The molecular formula is C13H13FO3. The highest BCUT2D eigenvalue weighted by atomic mass is 19.1. The van der Waals surface area contributed by atoms with Gasteiger partial charge in [-0.05, 0) is 19.1 Å². The number of hydrogen-bond acceptors (Lipinski definition) is 2. The fourth-order valence-electron chi connectivity index (χ4n) is 1.18. The summed E-state index contributed by atoms with van der Waals surface area (Å²) in [6, 6.07) is 4.32. The molecule has 90 valence electrons. The van der Waals surface area contributed by atoms with Crippen molar-refractivity contribution in [2.75, 3.05) is 0 Å². The Kier molecular flexibility index (Phi) is 4.46. The topological polar surface area (TPSA) is 46.5 Å². The molecule has 4 heteroatoms. The van der Waals surface area contributed by atoms with Crippen LogP contribution in [0.2, 0.25) is 0 Å². The van der Waals surface area contributed by atoms with Crippen LogP contribution in [0.15, 0.2) is 36.9 Å². The van der Waals surface area contributed by atoms with Gasteiger partial charge in [-0.2, -0.15) is 0 Å². The second-order valence-corrected chi connectivity index (χ2v) is 3.39. The van der Waals surface area contributed by atoms with Crippen molar-refractivity contribution >= 4 is 12.0 Å². The molecule has 17 heavy (non-hydrogen) atoms. The number of rotatable bonds is 5. The van der Waals surface area contributed by atoms with E-state index < -0.39 is 11.8 Å². The molecule has 1 unspecified atom stereocenters. The Morgan fingerprint density at radius 2 is 2.29 bits per heavy atom. The molecule has 0 bridgehead atoms. The average molecular weight is 236 g/mol. The van der Waals surface area contributed by atoms with E-state index in [2.05, 4.69) is 6.58 Å². The monoisotopic (exact) mass is 236 g/mol. The Labute approximate surface area is 98.8 Å². The van der Waals surface area contributed by atoms with E-state index in [1.807, 2.05) is 0 Å². The van der Waals surface area contributed by atoms with Crippen molar-refractivity contribution in [3.63, 3.8) is 0 Å². The summed E-state index contributed by atoms with van der Waals surface area (Å²) in [5.74, 6) is -1.61. The van der Waals surface area contributed by atoms with E-state index in [9.17, 15) is 9.18 Å². The summed E-state index contributed by atoms with van der Waals surface area (Å²) in [7, 11) is 0. The first-order valence-electron chi connectivity index (χ1n) is 5.03. The van der Waals surface area contributed by atoms with Crippen molar-refractivity contribution in [2.45, 2.75) is 13.0 Å². The van der Waals surface area contributed by atoms with Crippen molar-refractivity contribution in [3.8, 4) is 5.75 Å². The molecule has 1 atom stereocenters. The molecule has 0 fully saturated rings. The molecular weight excluding hydrogens is 223 g/mol. The van der Waals surface area contributed by atoms with E-state index in [0.29, 0.717) is 5.56 Å². The lowest BCUT2D eigenvalue weighted by Crippen LogP contribution is -2.09. The van der Waals surface area contributed by atoms with Crippen molar-refractivity contribution < 1.29 is 19.0 Å². The predicted molar refractivity (Wildman–Crippen MR) is 63.4 cm³/mol. The molecule has 1 aromatic rings. The minimum atomic E-state index is -1.10. The third kappa shape index (κ3) is 3.75. The molecule has 0 amide bonds. The number of halogens is 1. The van der Waals surface area contributed by atoms with E-state index in [4.69, 9.17) is 9.84 Å². The Morgan fingerprint density at radius 1 is 1.59 bits per heavy atom. The summed E-state index contributed by atoms with van der Waals surface area (Å²) in [6.07, 6.45) is 3.39. The Balaban J connectivity index is 3.07. The fourth-order valence-corrected chi connectivity index (χ4v) is 1.18. The van der Waals surface area contributed by atoms with E-state index in [1.165, 1.54) is 24.3 Å². The Bertz CT molecular complexity index is 452. The van der Waals surface area contributed by atoms with Crippen LogP contribution in [0, 0.1) is 5.82 Å². The molecule has 1 aromatic carbocycles. The van der Waals surface area contributed by atoms with Crippen LogP contribution in [-0.4, -0.2) is 17.2 Å². The van der Waals surface area contributed by atoms with Gasteiger partial charge < -0.3 is 9.84 Å². The second kappa shape index (κ2) is 5.84. The summed E-state index contributed by atoms with van der Waals surface area (Å²) in [5.41, 5.74) is 0.376. The Hall–Kier alpha value is -2.10. The van der Waals surface area contributed by atoms with Gasteiger partial charge in [0.2, 0.25) is 0 Å². The minimum absolute atomic E-state index is 0.0254. The molecule has 3 nitrogen and oxygen atoms in total. The maximum absolute atomic E-state index is 13.5. The lowest BCUT2D eigenvalue weighted by molar-refractivity contribution is -0.131. The van der Waals surface area contributed by atoms with Gasteiger partial charge in [0.1, 0.15) is 6.10 Å². The van der Waals surface area contributed by atoms with E-state index in [-0.39, 0.29) is 11.9 Å². The number of para-hydroxylation sites is 1. The lowest BCUT2D eigenvalue weighted by atomic mass is 10.1. The van der Waals surface area contributed by atoms with Gasteiger partial charge in [0.15, 0.2) is 11.6 Å². The fraction of sp³-hybridized carbons (Fsp3) is 0.154. The van der Waals surface area contributed by atoms with E-state index in [1.54, 1.807) is 13.0 Å². The van der Waals surface area contributed by atoms with Crippen LogP contribution in [0.3, 0.4) is 0 Å². The lowest BCUT2D eigenvalue weighted by Gasteiger charge is -2.13. The molecule has 0 saturated carbocycles. The summed E-state index contributed by atoms with van der Waals surface area (Å²) in [5, 5.41) is 8.53. The van der Waals surface area contributed by atoms with Gasteiger partial charge in [0.05, 0.1) is 0 Å². The standard InChI is InChI=1S/C13H13FO3/c1-3-9(2)17-13-10(7-8-12(15)16)5-4-6-11(13)14/h3-9H,1H2,2H3,(H,15,16)/b8-7+. The molecule has 0 aliphatic heterocycles. The molecule has 0 aliphatic carbocycles. The summed E-state index contributed by atoms with van der Waals surface area (Å²) in [4.78, 5) is 10.4. The first kappa shape index (κ1) is 13.0. The number of carboxylic acids is 1. The summed E-state index contributed by atoms with van der Waals surface area (Å²) < 4.78 is 18.9. The Morgan fingerprint density at radius 3 is 2.88 bits per heavy atom. The molecule has 0 radical (unpaired) electrons. The molecule has 1 rings (SSSR count). The molecule has 0 saturated heterocycles. The number of benzene rings is 1. The first-order valence-corrected chi connectivity index (χ1v) is 5.03. The van der Waals surface area contributed by atoms with Crippen molar-refractivity contribution in [1.29, 1.82) is 0 Å². The van der Waals surface area contributed by atoms with Crippen LogP contribution in [0.4, 0.5) is 4.39 Å². The van der Waals surface area contributed by atoms with Crippen molar-refractivity contribution in [1.82, 2.24) is 0 Å². The van der Waals surface area contributed by atoms with Crippen LogP contribution in [0.25, 0.3) is 6.08 Å². The van der Waals surface area contributed by atoms with Gasteiger partial charge in [0, 0.05) is 11.6 Å². The third-order valence-electron chi connectivity index (χ3n) is 2.04. The summed E-state index contributed by atoms with van der Waals surface area (Å²) in [6.45, 7) is 5.24. The quantitative estimate of drug-likeness (QED) is 0.631. The zero-order chi connectivity index (χ0) is 12.8. The minimum Gasteiger partial charge on any atom is -0.483 e. The van der Waals surface area contributed by atoms with Crippen LogP contribution in [0.5, 0.6) is 5.75 Å². The van der Waals surface area contributed by atoms with E-state index >= 15 is 0 Å². The average Bonchev–Trinajstić information content (AvgIpc) is 2.29. The van der Waals surface area contributed by atoms with Gasteiger partial charge in [-0.3, -0.25) is 0 Å². The molecule has 0 aliphatic rings. The SMILES string of the molecule is C=CC(C)Oc1c(F)cccc1/C=C/C(=O)O. The highest BCUT2D eigenvalue weighted by molar-refractivity contribution is 5.85. The van der Waals surface area contributed by atoms with Crippen molar-refractivity contribution in [3.05, 3.63) is 48.3 Å². The second-order valence-electron chi connectivity index (χ2n) is 3.39. The number of aliphatic carboxylic acids is 1. The molecule has 0 aromatic heterocycles. The highest BCUT2D eigenvalue weighted by Gasteiger charge is 2.10. The number of carboxylic acid groups (broad SMARTS) is 1. The van der Waals surface area contributed by atoms with Gasteiger partial charge in [0.25, 0.3) is 0 Å². The van der Waals surface area contributed by atoms with Gasteiger partial charge in [-0.15, -0.1) is 0 Å². The maximum atomic E-state index is 13.5. The zero-order valence-corrected chi connectivity index (χ0v) is 9.39. The smallest absolute Gasteiger partial charge is 0.328 e. The van der Waals surface area contributed by atoms with Gasteiger partial charge in [-0.1, -0.05) is 24.8 Å². The number of carbonyl (C=O) groups is 1.